The van der Waals surface area contributed by atoms with E-state index >= 15 is 0 Å². The molecule has 0 atom stereocenters. The van der Waals surface area contributed by atoms with Gasteiger partial charge in [0.1, 0.15) is 0 Å². The molecule has 3 aromatic rings. The van der Waals surface area contributed by atoms with E-state index in [0.29, 0.717) is 34.7 Å². The predicted octanol–water partition coefficient (Wildman–Crippen LogP) is 6.23. The first-order valence-electron chi connectivity index (χ1n) is 12.2. The van der Waals surface area contributed by atoms with Crippen LogP contribution in [0.2, 0.25) is 5.02 Å². The highest BCUT2D eigenvalue weighted by atomic mass is 35.5. The number of benzene rings is 2. The molecule has 9 heteroatoms. The van der Waals surface area contributed by atoms with E-state index in [1.807, 2.05) is 18.2 Å². The molecule has 2 aliphatic carbocycles. The van der Waals surface area contributed by atoms with Crippen LogP contribution in [0, 0.1) is 17.7 Å². The van der Waals surface area contributed by atoms with Crippen LogP contribution >= 0.6 is 11.6 Å². The quantitative estimate of drug-likeness (QED) is 0.280. The number of fused-ring (bicyclic) bond motifs is 1. The van der Waals surface area contributed by atoms with Crippen molar-refractivity contribution in [1.29, 1.82) is 0 Å². The number of hydrogen-bond acceptors (Lipinski definition) is 5. The van der Waals surface area contributed by atoms with Crippen LogP contribution in [-0.2, 0) is 0 Å². The maximum atomic E-state index is 14.2. The lowest BCUT2D eigenvalue weighted by Crippen LogP contribution is -2.33. The predicted molar refractivity (Wildman–Crippen MR) is 136 cm³/mol. The molecule has 1 heterocycles. The van der Waals surface area contributed by atoms with Gasteiger partial charge in [-0.15, -0.1) is 0 Å². The lowest BCUT2D eigenvalue weighted by Gasteiger charge is -2.30. The van der Waals surface area contributed by atoms with Gasteiger partial charge in [0, 0.05) is 30.1 Å². The summed E-state index contributed by atoms with van der Waals surface area (Å²) < 4.78 is 14.2. The minimum absolute atomic E-state index is 0.0239. The maximum absolute atomic E-state index is 14.2. The number of carboxylic acid groups (broad SMARTS) is 1. The molecule has 0 radical (unpaired) electrons. The molecule has 7 nitrogen and oxygen atoms in total. The molecule has 0 bridgehead atoms. The summed E-state index contributed by atoms with van der Waals surface area (Å²) in [6.07, 6.45) is 5.85. The zero-order valence-corrected chi connectivity index (χ0v) is 20.3. The van der Waals surface area contributed by atoms with E-state index < -0.39 is 17.7 Å². The standard InChI is InChI=1S/C27H27ClFN3O4/c28-21-10-17(11-22(29)26(21)34)16-5-8-23-19(9-16)24(20(13-30-23)25(33)15-3-4-15)32-18-6-1-14(2-7-18)12-31-27(35)36/h5,8-11,13-15,18,31,34H,1-4,6-7,12H2,(H,30,32)(H,35,36). The molecule has 4 N–H and O–H groups in total. The molecule has 2 saturated carbocycles. The zero-order chi connectivity index (χ0) is 25.4. The summed E-state index contributed by atoms with van der Waals surface area (Å²) in [6.45, 7) is 0.445. The van der Waals surface area contributed by atoms with Gasteiger partial charge in [-0.05, 0) is 79.8 Å². The van der Waals surface area contributed by atoms with Crippen LogP contribution in [0.3, 0.4) is 0 Å². The molecular weight excluding hydrogens is 485 g/mol. The highest BCUT2D eigenvalue weighted by Crippen LogP contribution is 2.39. The summed E-state index contributed by atoms with van der Waals surface area (Å²) in [6, 6.07) is 8.38. The average molecular weight is 512 g/mol. The number of aromatic hydroxyl groups is 1. The average Bonchev–Trinajstić information content (AvgIpc) is 3.72. The second kappa shape index (κ2) is 9.93. The Kier molecular flexibility index (Phi) is 6.71. The summed E-state index contributed by atoms with van der Waals surface area (Å²) >= 11 is 6.01. The van der Waals surface area contributed by atoms with Crippen LogP contribution in [0.15, 0.2) is 36.5 Å². The first-order chi connectivity index (χ1) is 17.3. The molecule has 1 amide bonds. The summed E-state index contributed by atoms with van der Waals surface area (Å²) in [5.41, 5.74) is 3.20. The number of halogens is 2. The van der Waals surface area contributed by atoms with E-state index in [0.717, 1.165) is 49.6 Å². The second-order valence-electron chi connectivity index (χ2n) is 9.75. The highest BCUT2D eigenvalue weighted by molar-refractivity contribution is 6.32. The van der Waals surface area contributed by atoms with Crippen molar-refractivity contribution in [3.63, 3.8) is 0 Å². The third-order valence-corrected chi connectivity index (χ3v) is 7.46. The van der Waals surface area contributed by atoms with Gasteiger partial charge in [0.05, 0.1) is 21.8 Å². The van der Waals surface area contributed by atoms with E-state index in [2.05, 4.69) is 15.6 Å². The van der Waals surface area contributed by atoms with Gasteiger partial charge in [0.25, 0.3) is 0 Å². The van der Waals surface area contributed by atoms with Crippen molar-refractivity contribution in [3.8, 4) is 16.9 Å². The largest absolute Gasteiger partial charge is 0.504 e. The number of nitrogens with zero attached hydrogens (tertiary/aromatic N) is 1. The lowest BCUT2D eigenvalue weighted by molar-refractivity contribution is 0.0968. The van der Waals surface area contributed by atoms with E-state index in [1.165, 1.54) is 12.1 Å². The Morgan fingerprint density at radius 3 is 2.47 bits per heavy atom. The molecule has 1 aromatic heterocycles. The molecule has 0 spiro atoms. The number of rotatable bonds is 7. The normalized spacial score (nSPS) is 19.7. The van der Waals surface area contributed by atoms with Crippen molar-refractivity contribution in [2.45, 2.75) is 44.6 Å². The van der Waals surface area contributed by atoms with Crippen molar-refractivity contribution >= 4 is 40.1 Å². The maximum Gasteiger partial charge on any atom is 0.404 e. The number of pyridine rings is 1. The number of phenols is 1. The van der Waals surface area contributed by atoms with E-state index in [9.17, 15) is 19.1 Å². The Bertz CT molecular complexity index is 1310. The topological polar surface area (TPSA) is 112 Å². The summed E-state index contributed by atoms with van der Waals surface area (Å²) in [7, 11) is 0. The van der Waals surface area contributed by atoms with Crippen LogP contribution < -0.4 is 10.6 Å². The molecule has 36 heavy (non-hydrogen) atoms. The Hall–Kier alpha value is -3.39. The van der Waals surface area contributed by atoms with Crippen LogP contribution in [-0.4, -0.2) is 39.7 Å². The van der Waals surface area contributed by atoms with Gasteiger partial charge in [-0.2, -0.15) is 0 Å². The third-order valence-electron chi connectivity index (χ3n) is 7.17. The number of Topliss-reactive ketones (excluding diaryl/α,β-unsaturated/α-hetero) is 1. The van der Waals surface area contributed by atoms with Gasteiger partial charge in [-0.3, -0.25) is 9.78 Å². The van der Waals surface area contributed by atoms with Crippen molar-refractivity contribution in [1.82, 2.24) is 10.3 Å². The first kappa shape index (κ1) is 24.3. The van der Waals surface area contributed by atoms with Crippen molar-refractivity contribution in [2.24, 2.45) is 11.8 Å². The summed E-state index contributed by atoms with van der Waals surface area (Å²) in [5.74, 6) is -0.995. The van der Waals surface area contributed by atoms with Crippen molar-refractivity contribution in [3.05, 3.63) is 52.9 Å². The summed E-state index contributed by atoms with van der Waals surface area (Å²) in [4.78, 5) is 28.5. The number of nitrogens with one attached hydrogen (secondary N) is 2. The van der Waals surface area contributed by atoms with Crippen LogP contribution in [0.4, 0.5) is 14.9 Å². The number of phenolic OH excluding ortho intramolecular Hbond substituents is 1. The van der Waals surface area contributed by atoms with Gasteiger partial charge in [0.2, 0.25) is 0 Å². The summed E-state index contributed by atoms with van der Waals surface area (Å²) in [5, 5.41) is 25.4. The molecule has 2 aromatic carbocycles. The molecule has 2 aliphatic rings. The van der Waals surface area contributed by atoms with Gasteiger partial charge in [-0.25, -0.2) is 9.18 Å². The molecule has 0 saturated heterocycles. The second-order valence-corrected chi connectivity index (χ2v) is 10.2. The molecule has 0 aliphatic heterocycles. The molecular formula is C27H27ClFN3O4. The van der Waals surface area contributed by atoms with Gasteiger partial charge < -0.3 is 20.8 Å². The lowest BCUT2D eigenvalue weighted by atomic mass is 9.85. The smallest absolute Gasteiger partial charge is 0.404 e. The zero-order valence-electron chi connectivity index (χ0n) is 19.6. The fourth-order valence-electron chi connectivity index (χ4n) is 4.96. The Balaban J connectivity index is 1.49. The Labute approximate surface area is 212 Å². The monoisotopic (exact) mass is 511 g/mol. The number of ketones is 1. The Morgan fingerprint density at radius 1 is 1.06 bits per heavy atom. The fourth-order valence-corrected chi connectivity index (χ4v) is 5.17. The number of anilines is 1. The molecule has 0 unspecified atom stereocenters. The van der Waals surface area contributed by atoms with Gasteiger partial charge in [0.15, 0.2) is 17.3 Å². The number of carbonyl (C=O) groups excluding carboxylic acids is 1. The minimum Gasteiger partial charge on any atom is -0.504 e. The van der Waals surface area contributed by atoms with Crippen molar-refractivity contribution < 1.29 is 24.2 Å². The number of amides is 1. The number of hydrogen-bond donors (Lipinski definition) is 4. The Morgan fingerprint density at radius 2 is 1.81 bits per heavy atom. The number of carbonyl (C=O) groups is 2. The first-order valence-corrected chi connectivity index (χ1v) is 12.6. The van der Waals surface area contributed by atoms with Crippen LogP contribution in [0.5, 0.6) is 5.75 Å². The minimum atomic E-state index is -1.01. The van der Waals surface area contributed by atoms with Gasteiger partial charge >= 0.3 is 6.09 Å². The van der Waals surface area contributed by atoms with Crippen molar-refractivity contribution in [2.75, 3.05) is 11.9 Å². The molecule has 188 valence electrons. The van der Waals surface area contributed by atoms with Gasteiger partial charge in [-0.1, -0.05) is 17.7 Å². The third kappa shape index (κ3) is 5.09. The van der Waals surface area contributed by atoms with E-state index in [1.54, 1.807) is 6.20 Å². The fraction of sp³-hybridized carbons (Fsp3) is 0.370. The van der Waals surface area contributed by atoms with E-state index in [4.69, 9.17) is 16.7 Å². The highest BCUT2D eigenvalue weighted by Gasteiger charge is 2.33. The van der Waals surface area contributed by atoms with Crippen LogP contribution in [0.25, 0.3) is 22.0 Å². The molecule has 2 fully saturated rings. The molecule has 5 rings (SSSR count). The number of aromatic nitrogens is 1. The van der Waals surface area contributed by atoms with E-state index in [-0.39, 0.29) is 22.8 Å². The van der Waals surface area contributed by atoms with Crippen LogP contribution in [0.1, 0.15) is 48.9 Å². The SMILES string of the molecule is O=C(O)NCC1CCC(Nc2c(C(=O)C3CC3)cnc3ccc(-c4cc(F)c(O)c(Cl)c4)cc23)CC1.